The van der Waals surface area contributed by atoms with E-state index in [1.54, 1.807) is 19.1 Å². The molecule has 1 atom stereocenters. The van der Waals surface area contributed by atoms with Crippen LogP contribution in [0.15, 0.2) is 18.2 Å². The molecule has 3 nitrogen and oxygen atoms in total. The number of rotatable bonds is 5. The van der Waals surface area contributed by atoms with Gasteiger partial charge in [0, 0.05) is 18.4 Å². The second-order valence-corrected chi connectivity index (χ2v) is 4.77. The lowest BCUT2D eigenvalue weighted by molar-refractivity contribution is -0.137. The van der Waals surface area contributed by atoms with Crippen LogP contribution in [0.5, 0.6) is 0 Å². The summed E-state index contributed by atoms with van der Waals surface area (Å²) < 4.78 is 0. The van der Waals surface area contributed by atoms with Gasteiger partial charge in [-0.3, -0.25) is 9.59 Å². The van der Waals surface area contributed by atoms with Crippen LogP contribution in [0.1, 0.15) is 30.1 Å². The van der Waals surface area contributed by atoms with Crippen LogP contribution < -0.4 is 0 Å². The Labute approximate surface area is 109 Å². The lowest BCUT2D eigenvalue weighted by Gasteiger charge is -2.08. The third-order valence-electron chi connectivity index (χ3n) is 2.30. The van der Waals surface area contributed by atoms with Crippen molar-refractivity contribution in [2.75, 3.05) is 0 Å². The van der Waals surface area contributed by atoms with E-state index in [9.17, 15) is 9.59 Å². The Hall–Kier alpha value is -1.06. The molecule has 5 heteroatoms. The summed E-state index contributed by atoms with van der Waals surface area (Å²) in [5.41, 5.74) is 0.455. The minimum absolute atomic E-state index is 0.0208. The number of carbonyl (C=O) groups excluding carboxylic acids is 1. The fourth-order valence-corrected chi connectivity index (χ4v) is 1.77. The molecule has 0 spiro atoms. The van der Waals surface area contributed by atoms with Crippen LogP contribution in [0.3, 0.4) is 0 Å². The molecule has 0 heterocycles. The number of carboxylic acids is 1. The maximum atomic E-state index is 11.8. The molecule has 1 rings (SSSR count). The van der Waals surface area contributed by atoms with Crippen molar-refractivity contribution in [2.24, 2.45) is 5.92 Å². The van der Waals surface area contributed by atoms with Crippen LogP contribution in [-0.4, -0.2) is 16.9 Å². The molecule has 0 aliphatic rings. The number of hydrogen-bond acceptors (Lipinski definition) is 2. The zero-order valence-corrected chi connectivity index (χ0v) is 10.8. The van der Waals surface area contributed by atoms with Crippen molar-refractivity contribution in [1.29, 1.82) is 0 Å². The molecule has 0 unspecified atom stereocenters. The molecule has 0 bridgehead atoms. The van der Waals surface area contributed by atoms with E-state index >= 15 is 0 Å². The highest BCUT2D eigenvalue weighted by Gasteiger charge is 2.14. The lowest BCUT2D eigenvalue weighted by Crippen LogP contribution is -2.10. The highest BCUT2D eigenvalue weighted by Crippen LogP contribution is 2.24. The van der Waals surface area contributed by atoms with Gasteiger partial charge in [-0.2, -0.15) is 0 Å². The van der Waals surface area contributed by atoms with Crippen molar-refractivity contribution in [3.63, 3.8) is 0 Å². The molecule has 0 aliphatic carbocycles. The zero-order chi connectivity index (χ0) is 13.0. The number of halogens is 2. The van der Waals surface area contributed by atoms with Gasteiger partial charge in [-0.1, -0.05) is 30.1 Å². The van der Waals surface area contributed by atoms with Crippen molar-refractivity contribution in [3.8, 4) is 0 Å². The number of Topliss-reactive ketones (excluding diaryl/α,β-unsaturated/α-hetero) is 1. The average Bonchev–Trinajstić information content (AvgIpc) is 2.20. The van der Waals surface area contributed by atoms with Crippen LogP contribution in [0.4, 0.5) is 0 Å². The van der Waals surface area contributed by atoms with Crippen LogP contribution in [0, 0.1) is 5.92 Å². The van der Waals surface area contributed by atoms with Gasteiger partial charge in [0.2, 0.25) is 0 Å². The van der Waals surface area contributed by atoms with Crippen LogP contribution in [0.25, 0.3) is 0 Å². The fraction of sp³-hybridized carbons (Fsp3) is 0.333. The Morgan fingerprint density at radius 1 is 1.24 bits per heavy atom. The van der Waals surface area contributed by atoms with Gasteiger partial charge in [-0.05, 0) is 24.1 Å². The summed E-state index contributed by atoms with van der Waals surface area (Å²) in [5, 5.41) is 9.31. The maximum absolute atomic E-state index is 11.8. The van der Waals surface area contributed by atoms with E-state index < -0.39 is 5.97 Å². The molecule has 17 heavy (non-hydrogen) atoms. The Morgan fingerprint density at radius 2 is 1.88 bits per heavy atom. The quantitative estimate of drug-likeness (QED) is 0.834. The topological polar surface area (TPSA) is 54.4 Å². The standard InChI is InChI=1S/C12H12Cl2O3/c1-7(5-12(16)17)4-11(15)8-2-3-9(13)10(14)6-8/h2-3,6-7H,4-5H2,1H3,(H,16,17)/t7-/m1/s1. The number of aliphatic carboxylic acids is 1. The highest BCUT2D eigenvalue weighted by atomic mass is 35.5. The Morgan fingerprint density at radius 3 is 2.41 bits per heavy atom. The Bertz CT molecular complexity index is 443. The minimum atomic E-state index is -0.903. The van der Waals surface area contributed by atoms with Crippen molar-refractivity contribution < 1.29 is 14.7 Å². The van der Waals surface area contributed by atoms with Gasteiger partial charge in [-0.25, -0.2) is 0 Å². The number of carbonyl (C=O) groups is 2. The first-order chi connectivity index (χ1) is 7.90. The molecule has 0 aliphatic heterocycles. The van der Waals surface area contributed by atoms with Gasteiger partial charge < -0.3 is 5.11 Å². The van der Waals surface area contributed by atoms with Crippen LogP contribution in [0.2, 0.25) is 10.0 Å². The fourth-order valence-electron chi connectivity index (χ4n) is 1.47. The molecule has 0 saturated carbocycles. The molecule has 1 aromatic carbocycles. The van der Waals surface area contributed by atoms with Crippen LogP contribution in [-0.2, 0) is 4.79 Å². The highest BCUT2D eigenvalue weighted by molar-refractivity contribution is 6.42. The van der Waals surface area contributed by atoms with Gasteiger partial charge in [-0.15, -0.1) is 0 Å². The molecular formula is C12H12Cl2O3. The lowest BCUT2D eigenvalue weighted by atomic mass is 9.97. The van der Waals surface area contributed by atoms with Crippen molar-refractivity contribution in [2.45, 2.75) is 19.8 Å². The summed E-state index contributed by atoms with van der Waals surface area (Å²) in [7, 11) is 0. The molecular weight excluding hydrogens is 263 g/mol. The normalized spacial score (nSPS) is 12.2. The minimum Gasteiger partial charge on any atom is -0.481 e. The summed E-state index contributed by atoms with van der Waals surface area (Å²) in [6.07, 6.45) is 0.164. The van der Waals surface area contributed by atoms with E-state index in [0.717, 1.165) is 0 Å². The third kappa shape index (κ3) is 4.36. The predicted molar refractivity (Wildman–Crippen MR) is 66.8 cm³/mol. The van der Waals surface area contributed by atoms with E-state index in [-0.39, 0.29) is 24.5 Å². The number of hydrogen-bond donors (Lipinski definition) is 1. The van der Waals surface area contributed by atoms with Gasteiger partial charge >= 0.3 is 5.97 Å². The molecule has 0 radical (unpaired) electrons. The van der Waals surface area contributed by atoms with Gasteiger partial charge in [0.05, 0.1) is 10.0 Å². The van der Waals surface area contributed by atoms with Crippen molar-refractivity contribution >= 4 is 35.0 Å². The van der Waals surface area contributed by atoms with E-state index in [1.807, 2.05) is 0 Å². The summed E-state index contributed by atoms with van der Waals surface area (Å²) >= 11 is 11.5. The smallest absolute Gasteiger partial charge is 0.303 e. The van der Waals surface area contributed by atoms with Crippen molar-refractivity contribution in [3.05, 3.63) is 33.8 Å². The molecule has 0 aromatic heterocycles. The van der Waals surface area contributed by atoms with Gasteiger partial charge in [0.15, 0.2) is 5.78 Å². The first kappa shape index (κ1) is 14.0. The third-order valence-corrected chi connectivity index (χ3v) is 3.04. The molecule has 92 valence electrons. The Balaban J connectivity index is 2.70. The number of carboxylic acid groups (broad SMARTS) is 1. The zero-order valence-electron chi connectivity index (χ0n) is 9.24. The SMILES string of the molecule is C[C@@H](CC(=O)O)CC(=O)c1ccc(Cl)c(Cl)c1. The van der Waals surface area contributed by atoms with Gasteiger partial charge in [0.1, 0.15) is 0 Å². The first-order valence-corrected chi connectivity index (χ1v) is 5.85. The average molecular weight is 275 g/mol. The first-order valence-electron chi connectivity index (χ1n) is 5.10. The molecule has 0 saturated heterocycles. The molecule has 1 aromatic rings. The van der Waals surface area contributed by atoms with E-state index in [1.165, 1.54) is 6.07 Å². The Kier molecular flexibility index (Phi) is 4.97. The largest absolute Gasteiger partial charge is 0.481 e. The molecule has 1 N–H and O–H groups in total. The van der Waals surface area contributed by atoms with Gasteiger partial charge in [0.25, 0.3) is 0 Å². The maximum Gasteiger partial charge on any atom is 0.303 e. The second-order valence-electron chi connectivity index (χ2n) is 3.96. The summed E-state index contributed by atoms with van der Waals surface area (Å²) in [5.74, 6) is -1.23. The molecule has 0 fully saturated rings. The van der Waals surface area contributed by atoms with E-state index in [0.29, 0.717) is 15.6 Å². The van der Waals surface area contributed by atoms with Crippen molar-refractivity contribution in [1.82, 2.24) is 0 Å². The predicted octanol–water partition coefficient (Wildman–Crippen LogP) is 3.68. The number of benzene rings is 1. The summed E-state index contributed by atoms with van der Waals surface area (Å²) in [6.45, 7) is 1.73. The summed E-state index contributed by atoms with van der Waals surface area (Å²) in [4.78, 5) is 22.3. The van der Waals surface area contributed by atoms with Crippen LogP contribution >= 0.6 is 23.2 Å². The number of ketones is 1. The van der Waals surface area contributed by atoms with E-state index in [4.69, 9.17) is 28.3 Å². The monoisotopic (exact) mass is 274 g/mol. The van der Waals surface area contributed by atoms with E-state index in [2.05, 4.69) is 0 Å². The second kappa shape index (κ2) is 6.03. The molecule has 0 amide bonds. The summed E-state index contributed by atoms with van der Waals surface area (Å²) in [6, 6.07) is 4.64.